The molecule has 2 aromatic heterocycles. The molecule has 1 fully saturated rings. The van der Waals surface area contributed by atoms with Gasteiger partial charge in [-0.05, 0) is 48.4 Å². The topological polar surface area (TPSA) is 141 Å². The number of hydrogen-bond acceptors (Lipinski definition) is 10. The Kier molecular flexibility index (Phi) is 8.20. The molecule has 0 saturated carbocycles. The van der Waals surface area contributed by atoms with Gasteiger partial charge in [-0.15, -0.1) is 11.3 Å². The molecule has 1 aliphatic heterocycles. The largest absolute Gasteiger partial charge is 0.376 e. The van der Waals surface area contributed by atoms with Gasteiger partial charge in [0.15, 0.2) is 10.9 Å². The predicted molar refractivity (Wildman–Crippen MR) is 143 cm³/mol. The molecular weight excluding hydrogens is 526 g/mol. The van der Waals surface area contributed by atoms with Crippen LogP contribution in [0.3, 0.4) is 0 Å². The normalized spacial score (nSPS) is 16.8. The highest BCUT2D eigenvalue weighted by molar-refractivity contribution is 7.99. The second-order valence-electron chi connectivity index (χ2n) is 9.65. The number of carbonyl (C=O) groups excluding carboxylic acids is 1. The number of Topliss-reactive ketones (excluding diaryl/α,β-unsaturated/α-hetero) is 1. The Morgan fingerprint density at radius 2 is 2.11 bits per heavy atom. The van der Waals surface area contributed by atoms with E-state index in [0.29, 0.717) is 22.2 Å². The summed E-state index contributed by atoms with van der Waals surface area (Å²) in [5.41, 5.74) is -1.00. The fraction of sp³-hybridized carbons (Fsp3) is 0.346. The summed E-state index contributed by atoms with van der Waals surface area (Å²) >= 11 is 2.09. The van der Waals surface area contributed by atoms with E-state index < -0.39 is 10.3 Å². The van der Waals surface area contributed by atoms with E-state index in [0.717, 1.165) is 35.9 Å². The van der Waals surface area contributed by atoms with Crippen molar-refractivity contribution < 1.29 is 14.5 Å². The molecule has 0 amide bonds. The van der Waals surface area contributed by atoms with Crippen LogP contribution in [-0.2, 0) is 16.1 Å². The van der Waals surface area contributed by atoms with E-state index >= 15 is 0 Å². The second-order valence-corrected chi connectivity index (χ2v) is 11.7. The SMILES string of the molecule is CC(C)(C)C(=O)/C(C#N)=c1\s/c(=C\c2ccc(Sc3ncccn3)c([N+](=O)[O-])c2)c(=O)n1CC1CCCO1. The molecule has 0 aliphatic carbocycles. The third-order valence-corrected chi connectivity index (χ3v) is 7.86. The number of nitro groups is 1. The highest BCUT2D eigenvalue weighted by atomic mass is 32.2. The van der Waals surface area contributed by atoms with Crippen LogP contribution in [0.2, 0.25) is 0 Å². The summed E-state index contributed by atoms with van der Waals surface area (Å²) in [5, 5.41) is 22.1. The maximum Gasteiger partial charge on any atom is 0.283 e. The van der Waals surface area contributed by atoms with E-state index in [-0.39, 0.29) is 44.4 Å². The minimum absolute atomic E-state index is 0.0853. The number of nitrogens with zero attached hydrogens (tertiary/aromatic N) is 5. The Hall–Kier alpha value is -3.66. The van der Waals surface area contributed by atoms with Crippen LogP contribution in [0.5, 0.6) is 0 Å². The molecule has 38 heavy (non-hydrogen) atoms. The van der Waals surface area contributed by atoms with Gasteiger partial charge in [0.2, 0.25) is 0 Å². The molecule has 0 bridgehead atoms. The lowest BCUT2D eigenvalue weighted by Crippen LogP contribution is -2.37. The third kappa shape index (κ3) is 6.07. The quantitative estimate of drug-likeness (QED) is 0.246. The molecule has 3 heterocycles. The Balaban J connectivity index is 1.86. The fourth-order valence-corrected chi connectivity index (χ4v) is 5.78. The Bertz CT molecular complexity index is 1590. The van der Waals surface area contributed by atoms with Crippen molar-refractivity contribution in [3.63, 3.8) is 0 Å². The average Bonchev–Trinajstić information content (AvgIpc) is 3.50. The van der Waals surface area contributed by atoms with Crippen molar-refractivity contribution in [1.29, 1.82) is 5.26 Å². The van der Waals surface area contributed by atoms with Gasteiger partial charge in [-0.2, -0.15) is 5.26 Å². The molecule has 4 rings (SSSR count). The molecule has 3 aromatic rings. The lowest BCUT2D eigenvalue weighted by molar-refractivity contribution is -0.387. The van der Waals surface area contributed by atoms with Crippen LogP contribution in [-0.4, -0.2) is 38.0 Å². The maximum atomic E-state index is 13.5. The number of ether oxygens (including phenoxy) is 1. The Labute approximate surface area is 226 Å². The van der Waals surface area contributed by atoms with Crippen molar-refractivity contribution in [3.8, 4) is 6.07 Å². The number of rotatable bonds is 7. The van der Waals surface area contributed by atoms with Crippen molar-refractivity contribution in [1.82, 2.24) is 14.5 Å². The summed E-state index contributed by atoms with van der Waals surface area (Å²) in [7, 11) is 0. The number of carbonyl (C=O) groups is 1. The molecule has 10 nitrogen and oxygen atoms in total. The molecular formula is C26H25N5O5S2. The van der Waals surface area contributed by atoms with Gasteiger partial charge < -0.3 is 4.74 Å². The van der Waals surface area contributed by atoms with E-state index in [1.165, 1.54) is 10.6 Å². The van der Waals surface area contributed by atoms with Crippen molar-refractivity contribution >= 4 is 46.2 Å². The van der Waals surface area contributed by atoms with E-state index in [4.69, 9.17) is 4.74 Å². The van der Waals surface area contributed by atoms with Gasteiger partial charge in [-0.3, -0.25) is 24.3 Å². The summed E-state index contributed by atoms with van der Waals surface area (Å²) < 4.78 is 7.66. The summed E-state index contributed by atoms with van der Waals surface area (Å²) in [6.07, 6.45) is 6.09. The monoisotopic (exact) mass is 551 g/mol. The zero-order valence-electron chi connectivity index (χ0n) is 21.0. The smallest absolute Gasteiger partial charge is 0.283 e. The molecule has 12 heteroatoms. The Morgan fingerprint density at radius 3 is 2.71 bits per heavy atom. The second kappa shape index (κ2) is 11.4. The molecule has 1 unspecified atom stereocenters. The number of benzene rings is 1. The van der Waals surface area contributed by atoms with Gasteiger partial charge >= 0.3 is 0 Å². The number of ketones is 1. The fourth-order valence-electron chi connectivity index (χ4n) is 3.87. The highest BCUT2D eigenvalue weighted by Gasteiger charge is 2.28. The van der Waals surface area contributed by atoms with Gasteiger partial charge in [-0.1, -0.05) is 26.8 Å². The number of nitriles is 1. The van der Waals surface area contributed by atoms with Crippen LogP contribution in [0.1, 0.15) is 39.2 Å². The zero-order valence-corrected chi connectivity index (χ0v) is 22.7. The molecule has 1 saturated heterocycles. The van der Waals surface area contributed by atoms with Gasteiger partial charge in [0.05, 0.1) is 27.0 Å². The standard InChI is InChI=1S/C26H25N5O5S2/c1-26(2,3)22(32)18(14-27)24-30(15-17-6-4-11-36-17)23(33)21(37-24)13-16-7-8-20(19(12-16)31(34)35)38-25-28-9-5-10-29-25/h5,7-10,12-13,17H,4,6,11,15H2,1-3H3/b21-13-,24-18-. The molecule has 0 spiro atoms. The maximum absolute atomic E-state index is 13.5. The lowest BCUT2D eigenvalue weighted by Gasteiger charge is -2.16. The molecule has 1 aromatic carbocycles. The number of nitro benzene ring substituents is 1. The molecule has 196 valence electrons. The first-order valence-corrected chi connectivity index (χ1v) is 13.5. The van der Waals surface area contributed by atoms with Crippen molar-refractivity contribution in [2.75, 3.05) is 6.61 Å². The number of aromatic nitrogens is 3. The van der Waals surface area contributed by atoms with E-state index in [1.54, 1.807) is 57.4 Å². The van der Waals surface area contributed by atoms with Gasteiger partial charge in [-0.25, -0.2) is 9.97 Å². The molecule has 1 aliphatic rings. The summed E-state index contributed by atoms with van der Waals surface area (Å²) in [6.45, 7) is 5.96. The van der Waals surface area contributed by atoms with E-state index in [9.17, 15) is 25.0 Å². The van der Waals surface area contributed by atoms with Crippen molar-refractivity contribution in [2.24, 2.45) is 5.41 Å². The van der Waals surface area contributed by atoms with Gasteiger partial charge in [0.25, 0.3) is 11.2 Å². The minimum atomic E-state index is -0.819. The van der Waals surface area contributed by atoms with Crippen LogP contribution in [0.25, 0.3) is 11.6 Å². The molecule has 1 atom stereocenters. The van der Waals surface area contributed by atoms with E-state index in [1.807, 2.05) is 6.07 Å². The van der Waals surface area contributed by atoms with Crippen molar-refractivity contribution in [2.45, 2.75) is 56.3 Å². The first kappa shape index (κ1) is 27.4. The van der Waals surface area contributed by atoms with Crippen molar-refractivity contribution in [3.05, 3.63) is 71.9 Å². The van der Waals surface area contributed by atoms with Crippen LogP contribution < -0.4 is 14.8 Å². The van der Waals surface area contributed by atoms with Crippen LogP contribution in [0, 0.1) is 26.9 Å². The average molecular weight is 552 g/mol. The van der Waals surface area contributed by atoms with Gasteiger partial charge in [0.1, 0.15) is 16.3 Å². The summed E-state index contributed by atoms with van der Waals surface area (Å²) in [5.74, 6) is -0.367. The predicted octanol–water partition coefficient (Wildman–Crippen LogP) is 3.06. The first-order valence-electron chi connectivity index (χ1n) is 11.8. The lowest BCUT2D eigenvalue weighted by atomic mass is 9.87. The third-order valence-electron chi connectivity index (χ3n) is 5.77. The molecule has 0 N–H and O–H groups in total. The van der Waals surface area contributed by atoms with Crippen LogP contribution in [0.4, 0.5) is 5.69 Å². The molecule has 0 radical (unpaired) electrons. The number of thiazole rings is 1. The first-order chi connectivity index (χ1) is 18.1. The minimum Gasteiger partial charge on any atom is -0.376 e. The zero-order chi connectivity index (χ0) is 27.4. The van der Waals surface area contributed by atoms with Crippen LogP contribution >= 0.6 is 23.1 Å². The highest BCUT2D eigenvalue weighted by Crippen LogP contribution is 2.33. The van der Waals surface area contributed by atoms with Gasteiger partial charge in [0, 0.05) is 30.5 Å². The van der Waals surface area contributed by atoms with E-state index in [2.05, 4.69) is 9.97 Å². The Morgan fingerprint density at radius 1 is 1.37 bits per heavy atom. The number of hydrogen-bond donors (Lipinski definition) is 0. The summed E-state index contributed by atoms with van der Waals surface area (Å²) in [4.78, 5) is 46.4. The van der Waals surface area contributed by atoms with Crippen LogP contribution in [0.15, 0.2) is 51.5 Å². The summed E-state index contributed by atoms with van der Waals surface area (Å²) in [6, 6.07) is 8.29.